The minimum Gasteiger partial charge on any atom is -0.351 e. The van der Waals surface area contributed by atoms with Crippen LogP contribution in [0.1, 0.15) is 31.7 Å². The molecule has 4 nitrogen and oxygen atoms in total. The van der Waals surface area contributed by atoms with E-state index in [4.69, 9.17) is 5.73 Å². The van der Waals surface area contributed by atoms with Crippen LogP contribution < -0.4 is 11.1 Å². The molecule has 0 bridgehead atoms. The molecule has 0 radical (unpaired) electrons. The van der Waals surface area contributed by atoms with E-state index < -0.39 is 0 Å². The third kappa shape index (κ3) is 4.25. The van der Waals surface area contributed by atoms with Gasteiger partial charge in [0.05, 0.1) is 6.54 Å². The van der Waals surface area contributed by atoms with Crippen LogP contribution in [0.3, 0.4) is 0 Å². The molecule has 1 aromatic carbocycles. The molecule has 0 saturated carbocycles. The maximum atomic E-state index is 13.5. The van der Waals surface area contributed by atoms with Crippen molar-refractivity contribution < 1.29 is 9.18 Å². The zero-order chi connectivity index (χ0) is 15.2. The number of nitrogens with one attached hydrogen (secondary N) is 1. The third-order valence-corrected chi connectivity index (χ3v) is 4.23. The first-order valence-corrected chi connectivity index (χ1v) is 7.57. The molecule has 2 atom stereocenters. The lowest BCUT2D eigenvalue weighted by Crippen LogP contribution is -2.52. The monoisotopic (exact) mass is 293 g/mol. The van der Waals surface area contributed by atoms with E-state index in [1.54, 1.807) is 18.2 Å². The van der Waals surface area contributed by atoms with Crippen LogP contribution >= 0.6 is 0 Å². The van der Waals surface area contributed by atoms with Crippen LogP contribution in [-0.4, -0.2) is 36.0 Å². The van der Waals surface area contributed by atoms with Gasteiger partial charge in [-0.1, -0.05) is 24.6 Å². The Morgan fingerprint density at radius 1 is 1.43 bits per heavy atom. The molecule has 5 heteroatoms. The largest absolute Gasteiger partial charge is 0.351 e. The molecule has 1 aliphatic heterocycles. The number of carbonyl (C=O) groups excluding carboxylic acids is 1. The van der Waals surface area contributed by atoms with Gasteiger partial charge in [-0.3, -0.25) is 9.69 Å². The molecule has 0 spiro atoms. The normalized spacial score (nSPS) is 23.0. The number of carbonyl (C=O) groups is 1. The Morgan fingerprint density at radius 3 is 2.90 bits per heavy atom. The minimum atomic E-state index is -0.288. The second kappa shape index (κ2) is 7.52. The fourth-order valence-electron chi connectivity index (χ4n) is 2.94. The van der Waals surface area contributed by atoms with E-state index in [-0.39, 0.29) is 24.3 Å². The number of rotatable bonds is 5. The van der Waals surface area contributed by atoms with Crippen molar-refractivity contribution in [3.63, 3.8) is 0 Å². The number of nitrogens with two attached hydrogens (primary N) is 1. The maximum Gasteiger partial charge on any atom is 0.234 e. The Hall–Kier alpha value is -1.46. The molecule has 1 aromatic rings. The molecule has 2 unspecified atom stereocenters. The molecule has 2 rings (SSSR count). The van der Waals surface area contributed by atoms with Crippen molar-refractivity contribution in [3.05, 3.63) is 35.6 Å². The van der Waals surface area contributed by atoms with E-state index in [9.17, 15) is 9.18 Å². The van der Waals surface area contributed by atoms with Crippen LogP contribution in [0.25, 0.3) is 0 Å². The summed E-state index contributed by atoms with van der Waals surface area (Å²) in [6.07, 6.45) is 3.30. The van der Waals surface area contributed by atoms with Crippen molar-refractivity contribution in [1.82, 2.24) is 10.2 Å². The third-order valence-electron chi connectivity index (χ3n) is 4.23. The highest BCUT2D eigenvalue weighted by molar-refractivity contribution is 5.78. The lowest BCUT2D eigenvalue weighted by Gasteiger charge is -2.39. The summed E-state index contributed by atoms with van der Waals surface area (Å²) in [4.78, 5) is 14.3. The van der Waals surface area contributed by atoms with Crippen LogP contribution in [0.5, 0.6) is 0 Å². The van der Waals surface area contributed by atoms with E-state index >= 15 is 0 Å². The fraction of sp³-hybridized carbons (Fsp3) is 0.562. The smallest absolute Gasteiger partial charge is 0.234 e. The summed E-state index contributed by atoms with van der Waals surface area (Å²) < 4.78 is 13.5. The zero-order valence-electron chi connectivity index (χ0n) is 12.5. The van der Waals surface area contributed by atoms with E-state index in [0.717, 1.165) is 19.3 Å². The molecule has 1 heterocycles. The highest BCUT2D eigenvalue weighted by Crippen LogP contribution is 2.21. The first-order valence-electron chi connectivity index (χ1n) is 7.57. The molecule has 116 valence electrons. The summed E-state index contributed by atoms with van der Waals surface area (Å²) in [5.74, 6) is -0.366. The second-order valence-corrected chi connectivity index (χ2v) is 5.71. The summed E-state index contributed by atoms with van der Waals surface area (Å²) >= 11 is 0. The van der Waals surface area contributed by atoms with Gasteiger partial charge in [-0.25, -0.2) is 4.39 Å². The molecular formula is C16H24FN3O. The SMILES string of the molecule is CC1CCCC(CN)N1CC(=O)NCc1ccccc1F. The Kier molecular flexibility index (Phi) is 5.70. The molecule has 1 saturated heterocycles. The number of piperidine rings is 1. The number of halogens is 1. The van der Waals surface area contributed by atoms with Gasteiger partial charge < -0.3 is 11.1 Å². The number of amides is 1. The number of nitrogens with zero attached hydrogens (tertiary/aromatic N) is 1. The summed E-state index contributed by atoms with van der Waals surface area (Å²) in [6, 6.07) is 7.13. The van der Waals surface area contributed by atoms with E-state index in [2.05, 4.69) is 17.1 Å². The van der Waals surface area contributed by atoms with Crippen molar-refractivity contribution in [3.8, 4) is 0 Å². The predicted molar refractivity (Wildman–Crippen MR) is 81.1 cm³/mol. The Labute approximate surface area is 125 Å². The van der Waals surface area contributed by atoms with Gasteiger partial charge in [-0.2, -0.15) is 0 Å². The minimum absolute atomic E-state index is 0.0783. The molecule has 1 fully saturated rings. The highest BCUT2D eigenvalue weighted by atomic mass is 19.1. The topological polar surface area (TPSA) is 58.4 Å². The van der Waals surface area contributed by atoms with Crippen molar-refractivity contribution in [2.24, 2.45) is 5.73 Å². The van der Waals surface area contributed by atoms with E-state index in [0.29, 0.717) is 24.7 Å². The molecule has 1 aliphatic rings. The molecule has 3 N–H and O–H groups in total. The number of hydrogen-bond acceptors (Lipinski definition) is 3. The van der Waals surface area contributed by atoms with Gasteiger partial charge in [0.15, 0.2) is 0 Å². The molecule has 0 aliphatic carbocycles. The fourth-order valence-corrected chi connectivity index (χ4v) is 2.94. The highest BCUT2D eigenvalue weighted by Gasteiger charge is 2.28. The molecule has 1 amide bonds. The zero-order valence-corrected chi connectivity index (χ0v) is 12.5. The van der Waals surface area contributed by atoms with Crippen molar-refractivity contribution in [1.29, 1.82) is 0 Å². The van der Waals surface area contributed by atoms with Crippen molar-refractivity contribution >= 4 is 5.91 Å². The van der Waals surface area contributed by atoms with E-state index in [1.165, 1.54) is 6.07 Å². The number of benzene rings is 1. The van der Waals surface area contributed by atoms with E-state index in [1.807, 2.05) is 0 Å². The van der Waals surface area contributed by atoms with Gasteiger partial charge in [0.1, 0.15) is 5.82 Å². The lowest BCUT2D eigenvalue weighted by molar-refractivity contribution is -0.124. The Morgan fingerprint density at radius 2 is 2.19 bits per heavy atom. The standard InChI is InChI=1S/C16H24FN3O/c1-12-5-4-7-14(9-18)20(12)11-16(21)19-10-13-6-2-3-8-15(13)17/h2-3,6,8,12,14H,4-5,7,9-11,18H2,1H3,(H,19,21). The maximum absolute atomic E-state index is 13.5. The van der Waals surface area contributed by atoms with Crippen LogP contribution in [0.15, 0.2) is 24.3 Å². The van der Waals surface area contributed by atoms with Crippen molar-refractivity contribution in [2.45, 2.75) is 44.8 Å². The van der Waals surface area contributed by atoms with Gasteiger partial charge in [0, 0.05) is 30.7 Å². The molecule has 21 heavy (non-hydrogen) atoms. The molecule has 0 aromatic heterocycles. The average molecular weight is 293 g/mol. The quantitative estimate of drug-likeness (QED) is 0.868. The van der Waals surface area contributed by atoms with Crippen LogP contribution in [-0.2, 0) is 11.3 Å². The van der Waals surface area contributed by atoms with Gasteiger partial charge in [0.2, 0.25) is 5.91 Å². The Balaban J connectivity index is 1.87. The predicted octanol–water partition coefficient (Wildman–Crippen LogP) is 1.64. The first kappa shape index (κ1) is 15.9. The Bertz CT molecular complexity index is 480. The van der Waals surface area contributed by atoms with Gasteiger partial charge in [-0.15, -0.1) is 0 Å². The lowest BCUT2D eigenvalue weighted by atomic mass is 9.96. The summed E-state index contributed by atoms with van der Waals surface area (Å²) in [7, 11) is 0. The second-order valence-electron chi connectivity index (χ2n) is 5.71. The summed E-state index contributed by atoms with van der Waals surface area (Å²) in [5.41, 5.74) is 6.30. The summed E-state index contributed by atoms with van der Waals surface area (Å²) in [5, 5.41) is 2.79. The average Bonchev–Trinajstić information content (AvgIpc) is 2.48. The number of hydrogen-bond donors (Lipinski definition) is 2. The first-order chi connectivity index (χ1) is 10.1. The van der Waals surface area contributed by atoms with Crippen LogP contribution in [0, 0.1) is 5.82 Å². The van der Waals surface area contributed by atoms with Crippen LogP contribution in [0.4, 0.5) is 4.39 Å². The van der Waals surface area contributed by atoms with Gasteiger partial charge >= 0.3 is 0 Å². The van der Waals surface area contributed by atoms with Crippen LogP contribution in [0.2, 0.25) is 0 Å². The molecular weight excluding hydrogens is 269 g/mol. The summed E-state index contributed by atoms with van der Waals surface area (Å²) in [6.45, 7) is 3.26. The van der Waals surface area contributed by atoms with Crippen molar-refractivity contribution in [2.75, 3.05) is 13.1 Å². The van der Waals surface area contributed by atoms with Gasteiger partial charge in [0.25, 0.3) is 0 Å². The number of likely N-dealkylation sites (tertiary alicyclic amines) is 1. The van der Waals surface area contributed by atoms with Gasteiger partial charge in [-0.05, 0) is 25.8 Å².